The Hall–Kier alpha value is -2.08. The van der Waals surface area contributed by atoms with Crippen molar-refractivity contribution in [3.63, 3.8) is 0 Å². The summed E-state index contributed by atoms with van der Waals surface area (Å²) in [6.45, 7) is 0. The van der Waals surface area contributed by atoms with Gasteiger partial charge in [-0.15, -0.1) is 10.2 Å². The van der Waals surface area contributed by atoms with Crippen LogP contribution in [0, 0.1) is 0 Å². The van der Waals surface area contributed by atoms with E-state index in [0.717, 1.165) is 5.56 Å². The molecule has 6 nitrogen and oxygen atoms in total. The molecule has 1 atom stereocenters. The Morgan fingerprint density at radius 3 is 2.71 bits per heavy atom. The van der Waals surface area contributed by atoms with E-state index in [4.69, 9.17) is 5.73 Å². The second kappa shape index (κ2) is 4.42. The van der Waals surface area contributed by atoms with Crippen LogP contribution >= 0.6 is 0 Å². The first-order valence-electron chi connectivity index (χ1n) is 5.18. The van der Waals surface area contributed by atoms with Crippen LogP contribution < -0.4 is 5.73 Å². The number of rotatable bonds is 3. The highest BCUT2D eigenvalue weighted by Gasteiger charge is 2.13. The molecule has 1 aromatic heterocycles. The van der Waals surface area contributed by atoms with Crippen molar-refractivity contribution in [1.29, 1.82) is 0 Å². The summed E-state index contributed by atoms with van der Waals surface area (Å²) in [6.07, 6.45) is 2.10. The Labute approximate surface area is 98.3 Å². The molecule has 0 radical (unpaired) electrons. The maximum absolute atomic E-state index is 9.37. The molecule has 2 aromatic rings. The molecule has 0 amide bonds. The van der Waals surface area contributed by atoms with Crippen molar-refractivity contribution in [2.24, 2.45) is 12.8 Å². The Morgan fingerprint density at radius 1 is 1.35 bits per heavy atom. The lowest BCUT2D eigenvalue weighted by molar-refractivity contribution is 0.403. The smallest absolute Gasteiger partial charge is 0.157 e. The summed E-state index contributed by atoms with van der Waals surface area (Å²) in [6, 6.07) is 4.34. The van der Waals surface area contributed by atoms with Crippen molar-refractivity contribution in [1.82, 2.24) is 14.8 Å². The van der Waals surface area contributed by atoms with E-state index in [9.17, 15) is 10.2 Å². The second-order valence-corrected chi connectivity index (χ2v) is 3.93. The highest BCUT2D eigenvalue weighted by atomic mass is 16.3. The molecule has 0 saturated heterocycles. The quantitative estimate of drug-likeness (QED) is 0.671. The van der Waals surface area contributed by atoms with E-state index < -0.39 is 0 Å². The number of aryl methyl sites for hydroxylation is 1. The number of aromatic hydroxyl groups is 2. The van der Waals surface area contributed by atoms with E-state index in [1.165, 1.54) is 12.1 Å². The Bertz CT molecular complexity index is 524. The predicted octanol–water partition coefficient (Wildman–Crippen LogP) is 0.469. The molecule has 0 aliphatic rings. The molecule has 0 aliphatic heterocycles. The number of phenols is 2. The van der Waals surface area contributed by atoms with Crippen molar-refractivity contribution in [2.45, 2.75) is 12.5 Å². The maximum atomic E-state index is 9.37. The second-order valence-electron chi connectivity index (χ2n) is 3.93. The van der Waals surface area contributed by atoms with Crippen LogP contribution in [0.25, 0.3) is 0 Å². The Balaban J connectivity index is 2.16. The highest BCUT2D eigenvalue weighted by molar-refractivity contribution is 5.40. The van der Waals surface area contributed by atoms with E-state index in [1.807, 2.05) is 7.05 Å². The predicted molar refractivity (Wildman–Crippen MR) is 61.4 cm³/mol. The molecule has 0 aliphatic carbocycles. The Morgan fingerprint density at radius 2 is 2.12 bits per heavy atom. The fourth-order valence-electron chi connectivity index (χ4n) is 1.67. The van der Waals surface area contributed by atoms with Crippen LogP contribution in [0.3, 0.4) is 0 Å². The lowest BCUT2D eigenvalue weighted by Crippen LogP contribution is -2.17. The van der Waals surface area contributed by atoms with Gasteiger partial charge in [0.25, 0.3) is 0 Å². The largest absolute Gasteiger partial charge is 0.504 e. The number of hydrogen-bond donors (Lipinski definition) is 3. The molecule has 0 saturated carbocycles. The van der Waals surface area contributed by atoms with Crippen molar-refractivity contribution in [3.05, 3.63) is 35.9 Å². The number of aromatic nitrogens is 3. The van der Waals surface area contributed by atoms with Crippen LogP contribution in [0.1, 0.15) is 17.4 Å². The maximum Gasteiger partial charge on any atom is 0.157 e. The van der Waals surface area contributed by atoms with Crippen molar-refractivity contribution in [2.75, 3.05) is 0 Å². The molecule has 2 rings (SSSR count). The lowest BCUT2D eigenvalue weighted by atomic mass is 10.1. The number of nitrogens with zero attached hydrogens (tertiary/aromatic N) is 3. The molecule has 6 heteroatoms. The van der Waals surface area contributed by atoms with Gasteiger partial charge in [-0.1, -0.05) is 6.07 Å². The normalized spacial score (nSPS) is 12.6. The van der Waals surface area contributed by atoms with Gasteiger partial charge in [-0.3, -0.25) is 0 Å². The summed E-state index contributed by atoms with van der Waals surface area (Å²) in [5, 5.41) is 26.3. The fraction of sp³-hybridized carbons (Fsp3) is 0.273. The molecule has 1 aromatic carbocycles. The van der Waals surface area contributed by atoms with Crippen molar-refractivity contribution < 1.29 is 10.2 Å². The number of nitrogens with two attached hydrogens (primary N) is 1. The van der Waals surface area contributed by atoms with Gasteiger partial charge in [0, 0.05) is 7.05 Å². The highest BCUT2D eigenvalue weighted by Crippen LogP contribution is 2.26. The van der Waals surface area contributed by atoms with E-state index in [-0.39, 0.29) is 17.5 Å². The minimum atomic E-state index is -0.300. The summed E-state index contributed by atoms with van der Waals surface area (Å²) in [7, 11) is 1.82. The minimum absolute atomic E-state index is 0.138. The van der Waals surface area contributed by atoms with Crippen LogP contribution in [-0.2, 0) is 13.5 Å². The van der Waals surface area contributed by atoms with Crippen LogP contribution in [0.2, 0.25) is 0 Å². The van der Waals surface area contributed by atoms with Gasteiger partial charge in [-0.2, -0.15) is 0 Å². The zero-order valence-electron chi connectivity index (χ0n) is 9.41. The summed E-state index contributed by atoms with van der Waals surface area (Å²) in [5.41, 5.74) is 6.82. The summed E-state index contributed by atoms with van der Waals surface area (Å²) in [4.78, 5) is 0. The van der Waals surface area contributed by atoms with E-state index in [2.05, 4.69) is 10.2 Å². The summed E-state index contributed by atoms with van der Waals surface area (Å²) < 4.78 is 1.75. The third kappa shape index (κ3) is 2.36. The summed E-state index contributed by atoms with van der Waals surface area (Å²) >= 11 is 0. The average molecular weight is 234 g/mol. The van der Waals surface area contributed by atoms with Crippen LogP contribution in [0.5, 0.6) is 11.5 Å². The van der Waals surface area contributed by atoms with Crippen LogP contribution in [0.15, 0.2) is 24.5 Å². The fourth-order valence-corrected chi connectivity index (χ4v) is 1.67. The molecular formula is C11H14N4O2. The zero-order chi connectivity index (χ0) is 12.4. The van der Waals surface area contributed by atoms with Crippen LogP contribution in [0.4, 0.5) is 0 Å². The molecule has 4 N–H and O–H groups in total. The van der Waals surface area contributed by atoms with Crippen molar-refractivity contribution in [3.8, 4) is 11.5 Å². The first kappa shape index (κ1) is 11.4. The number of benzene rings is 1. The van der Waals surface area contributed by atoms with Crippen LogP contribution in [-0.4, -0.2) is 25.0 Å². The lowest BCUT2D eigenvalue weighted by Gasteiger charge is -2.11. The molecule has 0 spiro atoms. The van der Waals surface area contributed by atoms with Gasteiger partial charge in [0.15, 0.2) is 11.5 Å². The topological polar surface area (TPSA) is 97.2 Å². The number of hydrogen-bond acceptors (Lipinski definition) is 5. The Kier molecular flexibility index (Phi) is 2.97. The first-order chi connectivity index (χ1) is 8.08. The van der Waals surface area contributed by atoms with E-state index in [0.29, 0.717) is 12.2 Å². The van der Waals surface area contributed by atoms with E-state index in [1.54, 1.807) is 17.0 Å². The minimum Gasteiger partial charge on any atom is -0.504 e. The number of phenolic OH excluding ortho intramolecular Hbond substituents is 2. The first-order valence-corrected chi connectivity index (χ1v) is 5.18. The molecule has 0 bridgehead atoms. The third-order valence-electron chi connectivity index (χ3n) is 2.57. The average Bonchev–Trinajstić information content (AvgIpc) is 2.70. The zero-order valence-corrected chi connectivity index (χ0v) is 9.41. The molecule has 1 unspecified atom stereocenters. The van der Waals surface area contributed by atoms with Gasteiger partial charge >= 0.3 is 0 Å². The molecular weight excluding hydrogens is 220 g/mol. The van der Waals surface area contributed by atoms with Gasteiger partial charge < -0.3 is 20.5 Å². The molecule has 0 fully saturated rings. The molecule has 1 heterocycles. The van der Waals surface area contributed by atoms with Gasteiger partial charge in [0.05, 0.1) is 6.04 Å². The third-order valence-corrected chi connectivity index (χ3v) is 2.57. The molecule has 17 heavy (non-hydrogen) atoms. The van der Waals surface area contributed by atoms with Gasteiger partial charge in [-0.05, 0) is 24.1 Å². The SMILES string of the molecule is Cn1cnnc1C(N)Cc1ccc(O)c(O)c1. The monoisotopic (exact) mass is 234 g/mol. The molecule has 90 valence electrons. The van der Waals surface area contributed by atoms with E-state index >= 15 is 0 Å². The van der Waals surface area contributed by atoms with Gasteiger partial charge in [0.1, 0.15) is 12.2 Å². The van der Waals surface area contributed by atoms with Crippen molar-refractivity contribution >= 4 is 0 Å². The standard InChI is InChI=1S/C11H14N4O2/c1-15-6-13-14-11(15)8(12)4-7-2-3-9(16)10(17)5-7/h2-3,5-6,8,16-17H,4,12H2,1H3. The van der Waals surface area contributed by atoms with Gasteiger partial charge in [-0.25, -0.2) is 0 Å². The summed E-state index contributed by atoms with van der Waals surface area (Å²) in [5.74, 6) is 0.395. The van der Waals surface area contributed by atoms with Gasteiger partial charge in [0.2, 0.25) is 0 Å².